The summed E-state index contributed by atoms with van der Waals surface area (Å²) in [5.41, 5.74) is 0. The molecule has 4 nitrogen and oxygen atoms in total. The molecule has 1 amide bonds. The minimum atomic E-state index is 0.121. The van der Waals surface area contributed by atoms with Crippen LogP contribution in [0.4, 0.5) is 0 Å². The maximum atomic E-state index is 11.3. The van der Waals surface area contributed by atoms with Crippen LogP contribution in [0.15, 0.2) is 0 Å². The van der Waals surface area contributed by atoms with Crippen LogP contribution in [-0.2, 0) is 9.53 Å². The van der Waals surface area contributed by atoms with Crippen molar-refractivity contribution in [3.05, 3.63) is 0 Å². The summed E-state index contributed by atoms with van der Waals surface area (Å²) >= 11 is 0. The van der Waals surface area contributed by atoms with Gasteiger partial charge in [0.2, 0.25) is 5.91 Å². The smallest absolute Gasteiger partial charge is 0.221 e. The van der Waals surface area contributed by atoms with E-state index < -0.39 is 0 Å². The van der Waals surface area contributed by atoms with Crippen molar-refractivity contribution < 1.29 is 9.53 Å². The van der Waals surface area contributed by atoms with Crippen molar-refractivity contribution in [2.45, 2.75) is 33.6 Å². The van der Waals surface area contributed by atoms with E-state index in [1.54, 1.807) is 0 Å². The zero-order valence-corrected chi connectivity index (χ0v) is 10.8. The molecular weight excluding hydrogens is 204 g/mol. The van der Waals surface area contributed by atoms with Gasteiger partial charge in [0, 0.05) is 32.7 Å². The molecule has 0 heterocycles. The van der Waals surface area contributed by atoms with E-state index in [-0.39, 0.29) is 5.91 Å². The van der Waals surface area contributed by atoms with Crippen LogP contribution in [0.5, 0.6) is 0 Å². The molecule has 0 radical (unpaired) electrons. The van der Waals surface area contributed by atoms with Gasteiger partial charge in [-0.05, 0) is 12.3 Å². The highest BCUT2D eigenvalue weighted by Crippen LogP contribution is 1.87. The number of carbonyl (C=O) groups excluding carboxylic acids is 1. The fraction of sp³-hybridized carbons (Fsp3) is 0.917. The van der Waals surface area contributed by atoms with Crippen molar-refractivity contribution in [1.82, 2.24) is 10.6 Å². The third kappa shape index (κ3) is 11.5. The summed E-state index contributed by atoms with van der Waals surface area (Å²) in [6, 6.07) is 0. The first-order valence-corrected chi connectivity index (χ1v) is 6.22. The molecule has 0 spiro atoms. The summed E-state index contributed by atoms with van der Waals surface area (Å²) in [4.78, 5) is 11.3. The second-order valence-electron chi connectivity index (χ2n) is 4.31. The lowest BCUT2D eigenvalue weighted by Crippen LogP contribution is -2.31. The molecule has 0 rings (SSSR count). The van der Waals surface area contributed by atoms with Gasteiger partial charge in [-0.15, -0.1) is 0 Å². The van der Waals surface area contributed by atoms with Gasteiger partial charge < -0.3 is 15.4 Å². The highest BCUT2D eigenvalue weighted by Gasteiger charge is 2.01. The van der Waals surface area contributed by atoms with Crippen LogP contribution in [0.3, 0.4) is 0 Å². The number of carbonyl (C=O) groups is 1. The Hall–Kier alpha value is -0.610. The predicted octanol–water partition coefficient (Wildman–Crippen LogP) is 1.16. The quantitative estimate of drug-likeness (QED) is 0.554. The minimum absolute atomic E-state index is 0.121. The molecule has 0 aromatic heterocycles. The Bertz CT molecular complexity index is 172. The summed E-state index contributed by atoms with van der Waals surface area (Å²) in [5, 5.41) is 6.06. The summed E-state index contributed by atoms with van der Waals surface area (Å²) in [6.45, 7) is 10.1. The number of hydrogen-bond acceptors (Lipinski definition) is 3. The maximum absolute atomic E-state index is 11.3. The molecular formula is C12H26N2O2. The van der Waals surface area contributed by atoms with E-state index in [1.807, 2.05) is 0 Å². The van der Waals surface area contributed by atoms with Crippen molar-refractivity contribution in [3.63, 3.8) is 0 Å². The van der Waals surface area contributed by atoms with Gasteiger partial charge in [0.1, 0.15) is 0 Å². The van der Waals surface area contributed by atoms with E-state index in [0.717, 1.165) is 39.3 Å². The third-order valence-corrected chi connectivity index (χ3v) is 2.01. The summed E-state index contributed by atoms with van der Waals surface area (Å²) in [6.07, 6.45) is 1.60. The summed E-state index contributed by atoms with van der Waals surface area (Å²) < 4.78 is 5.31. The molecule has 0 saturated carbocycles. The molecule has 0 aromatic carbocycles. The van der Waals surface area contributed by atoms with E-state index in [9.17, 15) is 4.79 Å². The number of amides is 1. The van der Waals surface area contributed by atoms with Crippen LogP contribution in [0.1, 0.15) is 33.6 Å². The fourth-order valence-electron chi connectivity index (χ4n) is 1.12. The molecule has 0 fully saturated rings. The van der Waals surface area contributed by atoms with Gasteiger partial charge in [-0.2, -0.15) is 0 Å². The highest BCUT2D eigenvalue weighted by atomic mass is 16.5. The Balaban J connectivity index is 3.15. The molecule has 0 saturated heterocycles. The molecule has 2 N–H and O–H groups in total. The van der Waals surface area contributed by atoms with Gasteiger partial charge >= 0.3 is 0 Å². The first-order chi connectivity index (χ1) is 7.66. The molecule has 0 bridgehead atoms. The van der Waals surface area contributed by atoms with Crippen LogP contribution in [0.25, 0.3) is 0 Å². The van der Waals surface area contributed by atoms with Crippen LogP contribution in [0, 0.1) is 5.92 Å². The Kier molecular flexibility index (Phi) is 10.5. The lowest BCUT2D eigenvalue weighted by Gasteiger charge is -2.08. The van der Waals surface area contributed by atoms with E-state index >= 15 is 0 Å². The van der Waals surface area contributed by atoms with Gasteiger partial charge in [0.25, 0.3) is 0 Å². The number of hydrogen-bond donors (Lipinski definition) is 2. The molecule has 0 atom stereocenters. The van der Waals surface area contributed by atoms with Crippen molar-refractivity contribution in [1.29, 1.82) is 0 Å². The van der Waals surface area contributed by atoms with Crippen LogP contribution in [-0.4, -0.2) is 38.8 Å². The minimum Gasteiger partial charge on any atom is -0.380 e. The molecule has 0 aliphatic rings. The Morgan fingerprint density at radius 2 is 2.00 bits per heavy atom. The molecule has 96 valence electrons. The number of rotatable bonds is 10. The predicted molar refractivity (Wildman–Crippen MR) is 66.4 cm³/mol. The lowest BCUT2D eigenvalue weighted by atomic mass is 10.2. The van der Waals surface area contributed by atoms with Crippen LogP contribution < -0.4 is 10.6 Å². The van der Waals surface area contributed by atoms with Gasteiger partial charge in [0.15, 0.2) is 0 Å². The second kappa shape index (κ2) is 10.9. The van der Waals surface area contributed by atoms with Crippen molar-refractivity contribution in [2.24, 2.45) is 5.92 Å². The van der Waals surface area contributed by atoms with Gasteiger partial charge in [-0.1, -0.05) is 20.8 Å². The fourth-order valence-corrected chi connectivity index (χ4v) is 1.12. The van der Waals surface area contributed by atoms with E-state index in [2.05, 4.69) is 31.4 Å². The van der Waals surface area contributed by atoms with Crippen molar-refractivity contribution in [2.75, 3.05) is 32.8 Å². The average molecular weight is 230 g/mol. The SMILES string of the molecule is CCCOCCNCCC(=O)NCC(C)C. The van der Waals surface area contributed by atoms with E-state index in [1.165, 1.54) is 0 Å². The maximum Gasteiger partial charge on any atom is 0.221 e. The molecule has 16 heavy (non-hydrogen) atoms. The first kappa shape index (κ1) is 15.4. The zero-order chi connectivity index (χ0) is 12.2. The average Bonchev–Trinajstić information content (AvgIpc) is 2.25. The monoisotopic (exact) mass is 230 g/mol. The van der Waals surface area contributed by atoms with E-state index in [0.29, 0.717) is 12.3 Å². The molecule has 0 aliphatic carbocycles. The Labute approximate surface area is 99.1 Å². The number of ether oxygens (including phenoxy) is 1. The second-order valence-corrected chi connectivity index (χ2v) is 4.31. The summed E-state index contributed by atoms with van der Waals surface area (Å²) in [5.74, 6) is 0.634. The standard InChI is InChI=1S/C12H26N2O2/c1-4-8-16-9-7-13-6-5-12(15)14-10-11(2)3/h11,13H,4-10H2,1-3H3,(H,14,15). The molecule has 4 heteroatoms. The summed E-state index contributed by atoms with van der Waals surface area (Å²) in [7, 11) is 0. The lowest BCUT2D eigenvalue weighted by molar-refractivity contribution is -0.121. The molecule has 0 aromatic rings. The van der Waals surface area contributed by atoms with Crippen molar-refractivity contribution in [3.8, 4) is 0 Å². The van der Waals surface area contributed by atoms with Crippen LogP contribution in [0.2, 0.25) is 0 Å². The van der Waals surface area contributed by atoms with E-state index in [4.69, 9.17) is 4.74 Å². The van der Waals surface area contributed by atoms with Gasteiger partial charge in [-0.3, -0.25) is 4.79 Å². The van der Waals surface area contributed by atoms with Gasteiger partial charge in [-0.25, -0.2) is 0 Å². The largest absolute Gasteiger partial charge is 0.380 e. The first-order valence-electron chi connectivity index (χ1n) is 6.22. The third-order valence-electron chi connectivity index (χ3n) is 2.01. The highest BCUT2D eigenvalue weighted by molar-refractivity contribution is 5.76. The van der Waals surface area contributed by atoms with Crippen molar-refractivity contribution >= 4 is 5.91 Å². The topological polar surface area (TPSA) is 50.4 Å². The number of nitrogens with one attached hydrogen (secondary N) is 2. The molecule has 0 unspecified atom stereocenters. The van der Waals surface area contributed by atoms with Crippen LogP contribution >= 0.6 is 0 Å². The Morgan fingerprint density at radius 3 is 2.62 bits per heavy atom. The Morgan fingerprint density at radius 1 is 1.25 bits per heavy atom. The molecule has 0 aliphatic heterocycles. The zero-order valence-electron chi connectivity index (χ0n) is 10.8. The normalized spacial score (nSPS) is 10.8. The van der Waals surface area contributed by atoms with Gasteiger partial charge in [0.05, 0.1) is 6.61 Å².